The van der Waals surface area contributed by atoms with Gasteiger partial charge in [-0.15, -0.1) is 0 Å². The maximum atomic E-state index is 12.9. The maximum Gasteiger partial charge on any atom is 0.178 e. The van der Waals surface area contributed by atoms with Crippen molar-refractivity contribution in [3.8, 4) is 0 Å². The smallest absolute Gasteiger partial charge is 0.178 e. The van der Waals surface area contributed by atoms with Crippen molar-refractivity contribution in [2.45, 2.75) is 24.8 Å². The topological polar surface area (TPSA) is 37.4 Å². The molecule has 0 amide bonds. The van der Waals surface area contributed by atoms with Gasteiger partial charge in [0.1, 0.15) is 0 Å². The van der Waals surface area contributed by atoms with Crippen molar-refractivity contribution >= 4 is 15.5 Å². The molecule has 3 aromatic carbocycles. The van der Waals surface area contributed by atoms with Crippen molar-refractivity contribution in [2.75, 3.05) is 17.2 Å². The second kappa shape index (κ2) is 7.80. The van der Waals surface area contributed by atoms with E-state index in [1.807, 2.05) is 24.3 Å². The minimum Gasteiger partial charge on any atom is -0.367 e. The number of hydrogen-bond acceptors (Lipinski definition) is 3. The Labute approximate surface area is 167 Å². The number of sulfone groups is 1. The van der Waals surface area contributed by atoms with Crippen molar-refractivity contribution in [3.05, 3.63) is 95.6 Å². The van der Waals surface area contributed by atoms with E-state index in [1.54, 1.807) is 24.3 Å². The van der Waals surface area contributed by atoms with Crippen LogP contribution < -0.4 is 4.90 Å². The number of hydrogen-bond donors (Lipinski definition) is 0. The van der Waals surface area contributed by atoms with Gasteiger partial charge in [-0.1, -0.05) is 66.2 Å². The van der Waals surface area contributed by atoms with Crippen LogP contribution in [0.3, 0.4) is 0 Å². The Morgan fingerprint density at radius 2 is 1.61 bits per heavy atom. The minimum absolute atomic E-state index is 0.0724. The summed E-state index contributed by atoms with van der Waals surface area (Å²) in [5.41, 5.74) is 4.92. The molecule has 0 fully saturated rings. The van der Waals surface area contributed by atoms with Gasteiger partial charge >= 0.3 is 0 Å². The first kappa shape index (κ1) is 18.8. The average molecular weight is 392 g/mol. The normalized spacial score (nSPS) is 16.6. The number of benzene rings is 3. The molecule has 0 N–H and O–H groups in total. The highest BCUT2D eigenvalue weighted by Gasteiger charge is 2.29. The highest BCUT2D eigenvalue weighted by Crippen LogP contribution is 2.33. The SMILES string of the molecule is Cc1ccc2c(c1)C[C@H](CS(=O)(=O)c1ccccc1)CN2Cc1ccccc1. The van der Waals surface area contributed by atoms with E-state index in [4.69, 9.17) is 0 Å². The van der Waals surface area contributed by atoms with Gasteiger partial charge in [0.15, 0.2) is 9.84 Å². The summed E-state index contributed by atoms with van der Waals surface area (Å²) in [6.45, 7) is 3.63. The quantitative estimate of drug-likeness (QED) is 0.635. The van der Waals surface area contributed by atoms with E-state index in [0.717, 1.165) is 19.5 Å². The molecule has 4 heteroatoms. The van der Waals surface area contributed by atoms with Crippen molar-refractivity contribution in [1.29, 1.82) is 0 Å². The first-order chi connectivity index (χ1) is 13.5. The zero-order chi connectivity index (χ0) is 19.6. The lowest BCUT2D eigenvalue weighted by molar-refractivity contribution is 0.515. The minimum atomic E-state index is -3.30. The highest BCUT2D eigenvalue weighted by molar-refractivity contribution is 7.91. The van der Waals surface area contributed by atoms with E-state index < -0.39 is 9.84 Å². The van der Waals surface area contributed by atoms with Crippen LogP contribution in [0.2, 0.25) is 0 Å². The van der Waals surface area contributed by atoms with Crippen LogP contribution in [-0.2, 0) is 22.8 Å². The number of fused-ring (bicyclic) bond motifs is 1. The fourth-order valence-electron chi connectivity index (χ4n) is 4.07. The van der Waals surface area contributed by atoms with Gasteiger partial charge in [-0.25, -0.2) is 8.42 Å². The Hall–Kier alpha value is -2.59. The van der Waals surface area contributed by atoms with Gasteiger partial charge in [-0.2, -0.15) is 0 Å². The Morgan fingerprint density at radius 3 is 2.32 bits per heavy atom. The molecule has 0 radical (unpaired) electrons. The summed E-state index contributed by atoms with van der Waals surface area (Å²) in [6.07, 6.45) is 0.800. The Kier molecular flexibility index (Phi) is 5.23. The monoisotopic (exact) mass is 391 g/mol. The fraction of sp³-hybridized carbons (Fsp3) is 0.250. The van der Waals surface area contributed by atoms with E-state index in [2.05, 4.69) is 42.2 Å². The summed E-state index contributed by atoms with van der Waals surface area (Å²) in [5.74, 6) is 0.249. The molecule has 3 nitrogen and oxygen atoms in total. The van der Waals surface area contributed by atoms with Gasteiger partial charge in [0, 0.05) is 18.8 Å². The third-order valence-electron chi connectivity index (χ3n) is 5.34. The highest BCUT2D eigenvalue weighted by atomic mass is 32.2. The van der Waals surface area contributed by atoms with Crippen LogP contribution in [0, 0.1) is 12.8 Å². The maximum absolute atomic E-state index is 12.9. The van der Waals surface area contributed by atoms with Crippen LogP contribution in [-0.4, -0.2) is 20.7 Å². The Morgan fingerprint density at radius 1 is 0.929 bits per heavy atom. The molecule has 1 aliphatic heterocycles. The molecular formula is C24H25NO2S. The van der Waals surface area contributed by atoms with Crippen LogP contribution in [0.25, 0.3) is 0 Å². The standard InChI is InChI=1S/C24H25NO2S/c1-19-12-13-24-22(14-19)15-21(17-25(24)16-20-8-4-2-5-9-20)18-28(26,27)23-10-6-3-7-11-23/h2-14,21H,15-18H2,1H3/t21-/m0/s1. The molecule has 4 rings (SSSR count). The largest absolute Gasteiger partial charge is 0.367 e. The van der Waals surface area contributed by atoms with Gasteiger partial charge in [0.05, 0.1) is 10.6 Å². The molecule has 0 aliphatic carbocycles. The molecule has 0 aromatic heterocycles. The molecule has 3 aromatic rings. The second-order valence-electron chi connectivity index (χ2n) is 7.66. The molecule has 0 spiro atoms. The average Bonchev–Trinajstić information content (AvgIpc) is 2.69. The predicted octanol–water partition coefficient (Wildman–Crippen LogP) is 4.65. The summed E-state index contributed by atoms with van der Waals surface area (Å²) in [4.78, 5) is 2.75. The lowest BCUT2D eigenvalue weighted by Crippen LogP contribution is -2.38. The van der Waals surface area contributed by atoms with Gasteiger partial charge in [-0.05, 0) is 48.6 Å². The zero-order valence-corrected chi connectivity index (χ0v) is 16.9. The van der Waals surface area contributed by atoms with E-state index >= 15 is 0 Å². The molecule has 28 heavy (non-hydrogen) atoms. The van der Waals surface area contributed by atoms with Gasteiger partial charge in [0.2, 0.25) is 0 Å². The van der Waals surface area contributed by atoms with E-state index in [9.17, 15) is 8.42 Å². The first-order valence-electron chi connectivity index (χ1n) is 9.67. The number of aryl methyl sites for hydroxylation is 1. The summed E-state index contributed by atoms with van der Waals surface area (Å²) >= 11 is 0. The lowest BCUT2D eigenvalue weighted by atomic mass is 9.92. The van der Waals surface area contributed by atoms with Gasteiger partial charge in [0.25, 0.3) is 0 Å². The Bertz CT molecular complexity index is 1050. The first-order valence-corrected chi connectivity index (χ1v) is 11.3. The fourth-order valence-corrected chi connectivity index (χ4v) is 5.68. The predicted molar refractivity (Wildman–Crippen MR) is 114 cm³/mol. The van der Waals surface area contributed by atoms with Crippen LogP contribution in [0.4, 0.5) is 5.69 Å². The second-order valence-corrected chi connectivity index (χ2v) is 9.70. The molecule has 1 heterocycles. The van der Waals surface area contributed by atoms with Crippen LogP contribution >= 0.6 is 0 Å². The molecule has 0 bridgehead atoms. The van der Waals surface area contributed by atoms with Gasteiger partial charge < -0.3 is 4.90 Å². The van der Waals surface area contributed by atoms with Crippen LogP contribution in [0.1, 0.15) is 16.7 Å². The van der Waals surface area contributed by atoms with Crippen LogP contribution in [0.5, 0.6) is 0 Å². The van der Waals surface area contributed by atoms with E-state index in [1.165, 1.54) is 22.4 Å². The zero-order valence-electron chi connectivity index (χ0n) is 16.1. The number of nitrogens with zero attached hydrogens (tertiary/aromatic N) is 1. The van der Waals surface area contributed by atoms with Crippen molar-refractivity contribution in [3.63, 3.8) is 0 Å². The summed E-state index contributed by atoms with van der Waals surface area (Å²) in [5, 5.41) is 0. The Balaban J connectivity index is 1.62. The summed E-state index contributed by atoms with van der Waals surface area (Å²) in [7, 11) is -3.30. The van der Waals surface area contributed by atoms with Crippen molar-refractivity contribution < 1.29 is 8.42 Å². The van der Waals surface area contributed by atoms with Crippen molar-refractivity contribution in [1.82, 2.24) is 0 Å². The number of anilines is 1. The molecule has 0 saturated carbocycles. The summed E-state index contributed by atoms with van der Waals surface area (Å²) < 4.78 is 25.9. The van der Waals surface area contributed by atoms with Crippen molar-refractivity contribution in [2.24, 2.45) is 5.92 Å². The molecule has 1 atom stereocenters. The molecule has 1 aliphatic rings. The molecule has 0 saturated heterocycles. The van der Waals surface area contributed by atoms with Crippen LogP contribution in [0.15, 0.2) is 83.8 Å². The third-order valence-corrected chi connectivity index (χ3v) is 7.24. The molecule has 144 valence electrons. The summed E-state index contributed by atoms with van der Waals surface area (Å²) in [6, 6.07) is 25.7. The van der Waals surface area contributed by atoms with E-state index in [-0.39, 0.29) is 11.7 Å². The number of rotatable bonds is 5. The van der Waals surface area contributed by atoms with Gasteiger partial charge in [-0.3, -0.25) is 0 Å². The third kappa shape index (κ3) is 4.12. The molecular weight excluding hydrogens is 366 g/mol. The molecule has 0 unspecified atom stereocenters. The lowest BCUT2D eigenvalue weighted by Gasteiger charge is -2.36. The van der Waals surface area contributed by atoms with E-state index in [0.29, 0.717) is 4.90 Å².